The number of nitrogens with zero attached hydrogens (tertiary/aromatic N) is 3. The molecule has 0 radical (unpaired) electrons. The van der Waals surface area contributed by atoms with Crippen LogP contribution in [0.3, 0.4) is 0 Å². The van der Waals surface area contributed by atoms with Crippen LogP contribution in [0.4, 0.5) is 17.3 Å². The Bertz CT molecular complexity index is 1260. The number of nitrogens with one attached hydrogen (secondary N) is 2. The van der Waals surface area contributed by atoms with Crippen LogP contribution in [0.15, 0.2) is 53.4 Å². The molecular formula is C19H16ClN5O5S. The topological polar surface area (TPSA) is 144 Å². The standard InChI is InChI=1S/C19H16ClN5O5S/c1-11-9-12(2)22-19(21-11)24-31(29,30)15-6-4-14(5-7-15)23-18(26)16-8-3-13(20)10-17(16)25(27)28/h3-10H,1-2H3,(H,23,26)(H,21,22,24). The molecule has 0 aliphatic heterocycles. The minimum absolute atomic E-state index is 0.0510. The Morgan fingerprint density at radius 3 is 2.23 bits per heavy atom. The number of aryl methyl sites for hydroxylation is 2. The largest absolute Gasteiger partial charge is 0.322 e. The number of rotatable bonds is 6. The summed E-state index contributed by atoms with van der Waals surface area (Å²) in [5, 5.41) is 13.8. The molecule has 10 nitrogen and oxygen atoms in total. The zero-order valence-corrected chi connectivity index (χ0v) is 17.9. The molecule has 1 heterocycles. The first-order valence-corrected chi connectivity index (χ1v) is 10.6. The van der Waals surface area contributed by atoms with Gasteiger partial charge in [-0.25, -0.2) is 23.1 Å². The number of aromatic nitrogens is 2. The summed E-state index contributed by atoms with van der Waals surface area (Å²) in [6.07, 6.45) is 0. The van der Waals surface area contributed by atoms with E-state index in [-0.39, 0.29) is 27.1 Å². The average Bonchev–Trinajstić information content (AvgIpc) is 2.67. The van der Waals surface area contributed by atoms with E-state index in [1.165, 1.54) is 36.4 Å². The molecule has 1 amide bonds. The number of halogens is 1. The van der Waals surface area contributed by atoms with E-state index in [0.717, 1.165) is 6.07 Å². The highest BCUT2D eigenvalue weighted by molar-refractivity contribution is 7.92. The first-order chi connectivity index (χ1) is 14.5. The monoisotopic (exact) mass is 461 g/mol. The van der Waals surface area contributed by atoms with Crippen molar-refractivity contribution in [1.29, 1.82) is 0 Å². The van der Waals surface area contributed by atoms with E-state index in [4.69, 9.17) is 11.6 Å². The van der Waals surface area contributed by atoms with Gasteiger partial charge in [0, 0.05) is 28.2 Å². The zero-order valence-electron chi connectivity index (χ0n) is 16.3. The third-order valence-corrected chi connectivity index (χ3v) is 5.61. The van der Waals surface area contributed by atoms with E-state index in [9.17, 15) is 23.3 Å². The Kier molecular flexibility index (Phi) is 6.18. The molecular weight excluding hydrogens is 446 g/mol. The fourth-order valence-electron chi connectivity index (χ4n) is 2.71. The number of nitro groups is 1. The van der Waals surface area contributed by atoms with E-state index in [0.29, 0.717) is 11.4 Å². The van der Waals surface area contributed by atoms with Gasteiger partial charge in [-0.05, 0) is 56.3 Å². The zero-order chi connectivity index (χ0) is 22.8. The second-order valence-electron chi connectivity index (χ2n) is 6.48. The van der Waals surface area contributed by atoms with Gasteiger partial charge < -0.3 is 5.32 Å². The SMILES string of the molecule is Cc1cc(C)nc(NS(=O)(=O)c2ccc(NC(=O)c3ccc(Cl)cc3[N+](=O)[O-])cc2)n1. The number of carbonyl (C=O) groups is 1. The molecule has 1 aromatic heterocycles. The van der Waals surface area contributed by atoms with Crippen LogP contribution in [0.5, 0.6) is 0 Å². The summed E-state index contributed by atoms with van der Waals surface area (Å²) in [4.78, 5) is 30.9. The van der Waals surface area contributed by atoms with Crippen molar-refractivity contribution in [3.8, 4) is 0 Å². The highest BCUT2D eigenvalue weighted by Crippen LogP contribution is 2.24. The molecule has 0 aliphatic carbocycles. The second kappa shape index (κ2) is 8.66. The Labute approximate surface area is 182 Å². The number of carbonyl (C=O) groups excluding carboxylic acids is 1. The predicted octanol–water partition coefficient (Wildman–Crippen LogP) is 3.71. The van der Waals surface area contributed by atoms with Gasteiger partial charge in [0.2, 0.25) is 5.95 Å². The molecule has 0 saturated carbocycles. The van der Waals surface area contributed by atoms with Gasteiger partial charge in [0.1, 0.15) is 5.56 Å². The van der Waals surface area contributed by atoms with Gasteiger partial charge in [-0.1, -0.05) is 11.6 Å². The van der Waals surface area contributed by atoms with Crippen LogP contribution in [0.1, 0.15) is 21.7 Å². The lowest BCUT2D eigenvalue weighted by atomic mass is 10.1. The molecule has 0 fully saturated rings. The van der Waals surface area contributed by atoms with Crippen LogP contribution >= 0.6 is 11.6 Å². The van der Waals surface area contributed by atoms with Crippen molar-refractivity contribution in [3.05, 3.63) is 80.6 Å². The van der Waals surface area contributed by atoms with Crippen LogP contribution < -0.4 is 10.0 Å². The lowest BCUT2D eigenvalue weighted by molar-refractivity contribution is -0.385. The molecule has 31 heavy (non-hydrogen) atoms. The van der Waals surface area contributed by atoms with E-state index < -0.39 is 26.5 Å². The second-order valence-corrected chi connectivity index (χ2v) is 8.60. The summed E-state index contributed by atoms with van der Waals surface area (Å²) in [5.41, 5.74) is 0.844. The Morgan fingerprint density at radius 1 is 1.03 bits per heavy atom. The summed E-state index contributed by atoms with van der Waals surface area (Å²) in [7, 11) is -3.96. The minimum Gasteiger partial charge on any atom is -0.322 e. The van der Waals surface area contributed by atoms with Crippen LogP contribution in [0.25, 0.3) is 0 Å². The smallest absolute Gasteiger partial charge is 0.283 e. The van der Waals surface area contributed by atoms with Crippen molar-refractivity contribution in [2.45, 2.75) is 18.7 Å². The summed E-state index contributed by atoms with van der Waals surface area (Å²) in [6, 6.07) is 10.6. The third-order valence-electron chi connectivity index (χ3n) is 4.03. The maximum Gasteiger partial charge on any atom is 0.283 e. The normalized spacial score (nSPS) is 11.1. The van der Waals surface area contributed by atoms with E-state index in [1.807, 2.05) is 0 Å². The van der Waals surface area contributed by atoms with Gasteiger partial charge in [-0.15, -0.1) is 0 Å². The summed E-state index contributed by atoms with van der Waals surface area (Å²) >= 11 is 5.75. The fourth-order valence-corrected chi connectivity index (χ4v) is 3.82. The number of amides is 1. The Balaban J connectivity index is 1.78. The molecule has 0 atom stereocenters. The minimum atomic E-state index is -3.96. The quantitative estimate of drug-likeness (QED) is 0.420. The summed E-state index contributed by atoms with van der Waals surface area (Å²) in [5.74, 6) is -0.786. The number of sulfonamides is 1. The molecule has 12 heteroatoms. The van der Waals surface area contributed by atoms with Crippen LogP contribution in [0, 0.1) is 24.0 Å². The first-order valence-electron chi connectivity index (χ1n) is 8.75. The molecule has 0 saturated heterocycles. The van der Waals surface area contributed by atoms with Crippen molar-refractivity contribution < 1.29 is 18.1 Å². The van der Waals surface area contributed by atoms with E-state index in [1.54, 1.807) is 19.9 Å². The molecule has 2 aromatic carbocycles. The predicted molar refractivity (Wildman–Crippen MR) is 115 cm³/mol. The van der Waals surface area contributed by atoms with Crippen LogP contribution in [-0.4, -0.2) is 29.2 Å². The van der Waals surface area contributed by atoms with E-state index >= 15 is 0 Å². The van der Waals surface area contributed by atoms with Crippen molar-refractivity contribution in [2.24, 2.45) is 0 Å². The highest BCUT2D eigenvalue weighted by atomic mass is 35.5. The van der Waals surface area contributed by atoms with Crippen LogP contribution in [-0.2, 0) is 10.0 Å². The third kappa shape index (κ3) is 5.32. The maximum absolute atomic E-state index is 12.6. The van der Waals surface area contributed by atoms with Gasteiger partial charge in [-0.2, -0.15) is 0 Å². The number of hydrogen-bond acceptors (Lipinski definition) is 7. The lowest BCUT2D eigenvalue weighted by Gasteiger charge is -2.10. The number of nitro benzene ring substituents is 1. The Morgan fingerprint density at radius 2 is 1.65 bits per heavy atom. The average molecular weight is 462 g/mol. The van der Waals surface area contributed by atoms with Gasteiger partial charge in [0.15, 0.2) is 0 Å². The van der Waals surface area contributed by atoms with Crippen molar-refractivity contribution in [2.75, 3.05) is 10.0 Å². The highest BCUT2D eigenvalue weighted by Gasteiger charge is 2.21. The molecule has 0 bridgehead atoms. The van der Waals surface area contributed by atoms with Crippen molar-refractivity contribution >= 4 is 44.9 Å². The molecule has 0 spiro atoms. The van der Waals surface area contributed by atoms with Gasteiger partial charge in [-0.3, -0.25) is 14.9 Å². The molecule has 0 unspecified atom stereocenters. The maximum atomic E-state index is 12.6. The Hall–Kier alpha value is -3.57. The van der Waals surface area contributed by atoms with Crippen molar-refractivity contribution in [3.63, 3.8) is 0 Å². The van der Waals surface area contributed by atoms with Gasteiger partial charge >= 0.3 is 0 Å². The van der Waals surface area contributed by atoms with Gasteiger partial charge in [0.05, 0.1) is 9.82 Å². The number of benzene rings is 2. The molecule has 0 aliphatic rings. The molecule has 160 valence electrons. The lowest BCUT2D eigenvalue weighted by Crippen LogP contribution is -2.16. The number of hydrogen-bond donors (Lipinski definition) is 2. The summed E-state index contributed by atoms with van der Waals surface area (Å²) in [6.45, 7) is 3.43. The van der Waals surface area contributed by atoms with Gasteiger partial charge in [0.25, 0.3) is 21.6 Å². The van der Waals surface area contributed by atoms with E-state index in [2.05, 4.69) is 20.0 Å². The molecule has 3 aromatic rings. The van der Waals surface area contributed by atoms with Crippen molar-refractivity contribution in [1.82, 2.24) is 9.97 Å². The number of anilines is 2. The fraction of sp³-hybridized carbons (Fsp3) is 0.105. The van der Waals surface area contributed by atoms with Crippen LogP contribution in [0.2, 0.25) is 5.02 Å². The summed E-state index contributed by atoms with van der Waals surface area (Å²) < 4.78 is 27.4. The molecule has 3 rings (SSSR count). The first kappa shape index (κ1) is 22.1. The molecule has 2 N–H and O–H groups in total.